The third-order valence-electron chi connectivity index (χ3n) is 6.18. The first-order chi connectivity index (χ1) is 16.0. The van der Waals surface area contributed by atoms with Gasteiger partial charge >= 0.3 is 5.97 Å². The fourth-order valence-corrected chi connectivity index (χ4v) is 4.42. The lowest BCUT2D eigenvalue weighted by molar-refractivity contribution is -0.124. The van der Waals surface area contributed by atoms with E-state index in [4.69, 9.17) is 9.72 Å². The lowest BCUT2D eigenvalue weighted by Gasteiger charge is -2.30. The second-order valence-corrected chi connectivity index (χ2v) is 8.56. The molecule has 1 unspecified atom stereocenters. The summed E-state index contributed by atoms with van der Waals surface area (Å²) < 4.78 is 5.83. The highest BCUT2D eigenvalue weighted by Gasteiger charge is 2.29. The molecule has 3 aromatic rings. The molecule has 0 aliphatic carbocycles. The Labute approximate surface area is 195 Å². The highest BCUT2D eigenvalue weighted by Crippen LogP contribution is 2.29. The number of rotatable bonds is 7. The second kappa shape index (κ2) is 10.1. The molecular formula is C27H31N3O3. The van der Waals surface area contributed by atoms with Crippen molar-refractivity contribution in [3.63, 3.8) is 0 Å². The zero-order valence-electron chi connectivity index (χ0n) is 19.6. The molecular weight excluding hydrogens is 414 g/mol. The van der Waals surface area contributed by atoms with Gasteiger partial charge in [-0.05, 0) is 44.0 Å². The number of carbonyl (C=O) groups is 2. The number of aryl methyl sites for hydroxylation is 1. The van der Waals surface area contributed by atoms with Gasteiger partial charge in [-0.1, -0.05) is 50.2 Å². The molecule has 172 valence electrons. The van der Waals surface area contributed by atoms with Crippen molar-refractivity contribution in [1.29, 1.82) is 0 Å². The number of esters is 1. The van der Waals surface area contributed by atoms with E-state index in [0.717, 1.165) is 59.3 Å². The predicted octanol–water partition coefficient (Wildman–Crippen LogP) is 4.89. The zero-order valence-corrected chi connectivity index (χ0v) is 19.6. The summed E-state index contributed by atoms with van der Waals surface area (Å²) >= 11 is 0. The summed E-state index contributed by atoms with van der Waals surface area (Å²) in [7, 11) is 0. The van der Waals surface area contributed by atoms with Crippen LogP contribution in [0.1, 0.15) is 53.9 Å². The molecule has 1 amide bonds. The molecule has 2 heterocycles. The molecule has 0 fully saturated rings. The Morgan fingerprint density at radius 1 is 1.12 bits per heavy atom. The van der Waals surface area contributed by atoms with Crippen molar-refractivity contribution >= 4 is 28.5 Å². The summed E-state index contributed by atoms with van der Waals surface area (Å²) in [5.41, 5.74) is 4.87. The molecule has 0 radical (unpaired) electrons. The molecule has 1 aromatic heterocycles. The minimum absolute atomic E-state index is 0.319. The van der Waals surface area contributed by atoms with Gasteiger partial charge in [0.05, 0.1) is 11.1 Å². The van der Waals surface area contributed by atoms with Gasteiger partial charge in [0.25, 0.3) is 5.91 Å². The molecule has 1 N–H and O–H groups in total. The number of carbonyl (C=O) groups excluding carboxylic acids is 2. The van der Waals surface area contributed by atoms with E-state index in [1.807, 2.05) is 62.4 Å². The number of ether oxygens (including phenoxy) is 1. The number of para-hydroxylation sites is 2. The molecule has 0 saturated heterocycles. The average molecular weight is 446 g/mol. The van der Waals surface area contributed by atoms with Crippen molar-refractivity contribution in [2.24, 2.45) is 0 Å². The average Bonchev–Trinajstić information content (AvgIpc) is 2.82. The lowest BCUT2D eigenvalue weighted by Crippen LogP contribution is -2.35. The lowest BCUT2D eigenvalue weighted by atomic mass is 9.95. The van der Waals surface area contributed by atoms with Crippen LogP contribution in [0.15, 0.2) is 48.5 Å². The molecule has 2 aromatic carbocycles. The van der Waals surface area contributed by atoms with Crippen LogP contribution in [0.3, 0.4) is 0 Å². The Bertz CT molecular complexity index is 1170. The Balaban J connectivity index is 1.65. The number of benzene rings is 2. The number of anilines is 1. The minimum Gasteiger partial charge on any atom is -0.449 e. The normalized spacial score (nSPS) is 14.5. The van der Waals surface area contributed by atoms with Crippen LogP contribution in [-0.2, 0) is 22.5 Å². The first kappa shape index (κ1) is 22.9. The van der Waals surface area contributed by atoms with E-state index in [-0.39, 0.29) is 5.91 Å². The Morgan fingerprint density at radius 3 is 2.64 bits per heavy atom. The highest BCUT2D eigenvalue weighted by atomic mass is 16.5. The van der Waals surface area contributed by atoms with E-state index in [0.29, 0.717) is 18.5 Å². The highest BCUT2D eigenvalue weighted by molar-refractivity contribution is 6.06. The number of nitrogens with zero attached hydrogens (tertiary/aromatic N) is 2. The Kier molecular flexibility index (Phi) is 7.04. The topological polar surface area (TPSA) is 71.5 Å². The number of pyridine rings is 1. The number of fused-ring (bicyclic) bond motifs is 2. The maximum Gasteiger partial charge on any atom is 0.340 e. The summed E-state index contributed by atoms with van der Waals surface area (Å²) in [5.74, 6) is -0.782. The minimum atomic E-state index is -0.880. The number of hydrogen-bond donors (Lipinski definition) is 1. The van der Waals surface area contributed by atoms with Crippen LogP contribution in [0.5, 0.6) is 0 Å². The van der Waals surface area contributed by atoms with Crippen LogP contribution < -0.4 is 5.32 Å². The summed E-state index contributed by atoms with van der Waals surface area (Å²) in [5, 5.41) is 3.68. The van der Waals surface area contributed by atoms with Gasteiger partial charge in [0, 0.05) is 41.8 Å². The molecule has 0 bridgehead atoms. The van der Waals surface area contributed by atoms with Crippen LogP contribution in [0.25, 0.3) is 10.9 Å². The first-order valence-corrected chi connectivity index (χ1v) is 11.7. The van der Waals surface area contributed by atoms with Gasteiger partial charge in [0.1, 0.15) is 0 Å². The predicted molar refractivity (Wildman–Crippen MR) is 130 cm³/mol. The van der Waals surface area contributed by atoms with Crippen molar-refractivity contribution in [2.45, 2.75) is 52.7 Å². The quantitative estimate of drug-likeness (QED) is 0.525. The standard InChI is InChI=1S/C27H31N3O3/c1-4-15-30-16-14-23-20(17-30)25(19-11-7-9-13-22(19)28-23)27(32)33-24(5-2)26(31)29-21-12-8-6-10-18(21)3/h6-13,24H,4-5,14-17H2,1-3H3,(H,29,31). The SMILES string of the molecule is CCCN1CCc2nc3ccccc3c(C(=O)OC(CC)C(=O)Nc3ccccc3C)c2C1. The summed E-state index contributed by atoms with van der Waals surface area (Å²) in [6.45, 7) is 8.49. The van der Waals surface area contributed by atoms with E-state index < -0.39 is 12.1 Å². The number of hydrogen-bond acceptors (Lipinski definition) is 5. The van der Waals surface area contributed by atoms with Gasteiger partial charge in [0.2, 0.25) is 0 Å². The Hall–Kier alpha value is -3.25. The van der Waals surface area contributed by atoms with Crippen LogP contribution in [0.4, 0.5) is 5.69 Å². The van der Waals surface area contributed by atoms with Crippen molar-refractivity contribution in [3.8, 4) is 0 Å². The summed E-state index contributed by atoms with van der Waals surface area (Å²) in [4.78, 5) is 33.7. The molecule has 0 saturated carbocycles. The summed E-state index contributed by atoms with van der Waals surface area (Å²) in [6, 6.07) is 15.2. The molecule has 1 atom stereocenters. The number of amides is 1. The van der Waals surface area contributed by atoms with Crippen LogP contribution in [-0.4, -0.2) is 41.0 Å². The van der Waals surface area contributed by atoms with Crippen molar-refractivity contribution < 1.29 is 14.3 Å². The Morgan fingerprint density at radius 2 is 1.88 bits per heavy atom. The van der Waals surface area contributed by atoms with E-state index in [1.54, 1.807) is 0 Å². The van der Waals surface area contributed by atoms with E-state index >= 15 is 0 Å². The zero-order chi connectivity index (χ0) is 23.4. The fraction of sp³-hybridized carbons (Fsp3) is 0.370. The van der Waals surface area contributed by atoms with Gasteiger partial charge in [-0.3, -0.25) is 14.7 Å². The van der Waals surface area contributed by atoms with Gasteiger partial charge in [0.15, 0.2) is 6.10 Å². The van der Waals surface area contributed by atoms with Gasteiger partial charge < -0.3 is 10.1 Å². The smallest absolute Gasteiger partial charge is 0.340 e. The molecule has 1 aliphatic heterocycles. The van der Waals surface area contributed by atoms with Crippen molar-refractivity contribution in [3.05, 3.63) is 70.9 Å². The number of aromatic nitrogens is 1. The maximum atomic E-state index is 13.5. The van der Waals surface area contributed by atoms with Crippen LogP contribution >= 0.6 is 0 Å². The number of nitrogens with one attached hydrogen (secondary N) is 1. The monoisotopic (exact) mass is 445 g/mol. The van der Waals surface area contributed by atoms with Crippen LogP contribution in [0, 0.1) is 6.92 Å². The molecule has 4 rings (SSSR count). The second-order valence-electron chi connectivity index (χ2n) is 8.56. The van der Waals surface area contributed by atoms with Crippen molar-refractivity contribution in [2.75, 3.05) is 18.4 Å². The molecule has 33 heavy (non-hydrogen) atoms. The largest absolute Gasteiger partial charge is 0.449 e. The van der Waals surface area contributed by atoms with E-state index in [9.17, 15) is 9.59 Å². The molecule has 0 spiro atoms. The van der Waals surface area contributed by atoms with E-state index in [2.05, 4.69) is 17.1 Å². The fourth-order valence-electron chi connectivity index (χ4n) is 4.42. The third-order valence-corrected chi connectivity index (χ3v) is 6.18. The van der Waals surface area contributed by atoms with Gasteiger partial charge in [-0.25, -0.2) is 4.79 Å². The van der Waals surface area contributed by atoms with Crippen LogP contribution in [0.2, 0.25) is 0 Å². The van der Waals surface area contributed by atoms with Gasteiger partial charge in [-0.2, -0.15) is 0 Å². The first-order valence-electron chi connectivity index (χ1n) is 11.7. The molecule has 6 heteroatoms. The molecule has 6 nitrogen and oxygen atoms in total. The van der Waals surface area contributed by atoms with Gasteiger partial charge in [-0.15, -0.1) is 0 Å². The summed E-state index contributed by atoms with van der Waals surface area (Å²) in [6.07, 6.45) is 1.35. The molecule has 1 aliphatic rings. The van der Waals surface area contributed by atoms with E-state index in [1.165, 1.54) is 0 Å². The van der Waals surface area contributed by atoms with Crippen molar-refractivity contribution in [1.82, 2.24) is 9.88 Å². The third kappa shape index (κ3) is 4.91. The maximum absolute atomic E-state index is 13.5.